The van der Waals surface area contributed by atoms with Gasteiger partial charge in [-0.3, -0.25) is 20.2 Å². The maximum atomic E-state index is 11.9. The van der Waals surface area contributed by atoms with E-state index >= 15 is 0 Å². The molecule has 2 heterocycles. The van der Waals surface area contributed by atoms with Crippen LogP contribution >= 0.6 is 22.7 Å². The van der Waals surface area contributed by atoms with Gasteiger partial charge in [-0.2, -0.15) is 0 Å². The minimum Gasteiger partial charge on any atom is -0.451 e. The predicted molar refractivity (Wildman–Crippen MR) is 97.4 cm³/mol. The number of nitrogens with one attached hydrogen (secondary N) is 1. The molecule has 0 unspecified atom stereocenters. The molecule has 3 aromatic rings. The Hall–Kier alpha value is -3.11. The minimum atomic E-state index is -0.563. The Bertz CT molecular complexity index is 952. The number of nitrogens with zero attached hydrogens (tertiary/aromatic N) is 2. The van der Waals surface area contributed by atoms with Crippen molar-refractivity contribution in [2.24, 2.45) is 0 Å². The summed E-state index contributed by atoms with van der Waals surface area (Å²) in [5, 5.41) is 17.1. The summed E-state index contributed by atoms with van der Waals surface area (Å²) in [6, 6.07) is 9.37. The van der Waals surface area contributed by atoms with Gasteiger partial charge in [0.1, 0.15) is 4.88 Å². The number of hydrogen-bond donors (Lipinski definition) is 1. The van der Waals surface area contributed by atoms with Crippen molar-refractivity contribution in [2.75, 3.05) is 11.9 Å². The summed E-state index contributed by atoms with van der Waals surface area (Å²) < 4.78 is 4.92. The molecule has 10 heteroatoms. The zero-order chi connectivity index (χ0) is 18.5. The maximum absolute atomic E-state index is 11.9. The Labute approximate surface area is 155 Å². The van der Waals surface area contributed by atoms with Gasteiger partial charge in [0.15, 0.2) is 11.7 Å². The third-order valence-corrected chi connectivity index (χ3v) is 4.77. The van der Waals surface area contributed by atoms with Crippen molar-refractivity contribution in [3.8, 4) is 11.3 Å². The molecule has 0 atom stereocenters. The van der Waals surface area contributed by atoms with Crippen molar-refractivity contribution in [2.45, 2.75) is 0 Å². The summed E-state index contributed by atoms with van der Waals surface area (Å²) in [6.07, 6.45) is 0. The van der Waals surface area contributed by atoms with Gasteiger partial charge in [0, 0.05) is 23.1 Å². The predicted octanol–water partition coefficient (Wildman–Crippen LogP) is 3.58. The fraction of sp³-hybridized carbons (Fsp3) is 0.0625. The average Bonchev–Trinajstić information content (AvgIpc) is 3.32. The van der Waals surface area contributed by atoms with E-state index in [0.29, 0.717) is 21.3 Å². The lowest BCUT2D eigenvalue weighted by Crippen LogP contribution is -2.20. The van der Waals surface area contributed by atoms with E-state index in [1.54, 1.807) is 35.0 Å². The number of nitro benzene ring substituents is 1. The Kier molecular flexibility index (Phi) is 5.34. The van der Waals surface area contributed by atoms with Crippen LogP contribution in [0.2, 0.25) is 0 Å². The van der Waals surface area contributed by atoms with Crippen molar-refractivity contribution >= 4 is 45.4 Å². The highest BCUT2D eigenvalue weighted by Gasteiger charge is 2.14. The SMILES string of the molecule is O=C(COC(=O)c1cccs1)Nc1nc(-c2cccc([N+](=O)[O-])c2)cs1. The molecule has 0 aliphatic rings. The monoisotopic (exact) mass is 389 g/mol. The van der Waals surface area contributed by atoms with Crippen LogP contribution in [0.25, 0.3) is 11.3 Å². The quantitative estimate of drug-likeness (QED) is 0.392. The van der Waals surface area contributed by atoms with E-state index in [-0.39, 0.29) is 5.69 Å². The first-order valence-corrected chi connectivity index (χ1v) is 8.99. The summed E-state index contributed by atoms with van der Waals surface area (Å²) in [5.74, 6) is -1.08. The first-order valence-electron chi connectivity index (χ1n) is 7.24. The number of rotatable bonds is 6. The number of amides is 1. The van der Waals surface area contributed by atoms with Gasteiger partial charge in [-0.1, -0.05) is 18.2 Å². The van der Waals surface area contributed by atoms with Crippen LogP contribution in [-0.2, 0) is 9.53 Å². The number of hydrogen-bond acceptors (Lipinski definition) is 8. The standard InChI is InChI=1S/C16H11N3O5S2/c20-14(8-24-15(21)13-5-2-6-25-13)18-16-17-12(9-26-16)10-3-1-4-11(7-10)19(22)23/h1-7,9H,8H2,(H,17,18,20). The van der Waals surface area contributed by atoms with Gasteiger partial charge in [-0.05, 0) is 11.4 Å². The summed E-state index contributed by atoms with van der Waals surface area (Å²) in [5.41, 5.74) is 1.03. The second-order valence-electron chi connectivity index (χ2n) is 4.95. The number of nitro groups is 1. The van der Waals surface area contributed by atoms with Crippen LogP contribution in [0.1, 0.15) is 9.67 Å². The van der Waals surface area contributed by atoms with Gasteiger partial charge >= 0.3 is 5.97 Å². The molecule has 1 aromatic carbocycles. The van der Waals surface area contributed by atoms with Gasteiger partial charge < -0.3 is 4.74 Å². The molecule has 0 saturated heterocycles. The Morgan fingerprint density at radius 3 is 2.81 bits per heavy atom. The molecule has 2 aromatic heterocycles. The second kappa shape index (κ2) is 7.85. The molecule has 0 spiro atoms. The van der Waals surface area contributed by atoms with E-state index in [2.05, 4.69) is 10.3 Å². The van der Waals surface area contributed by atoms with E-state index in [1.807, 2.05) is 0 Å². The van der Waals surface area contributed by atoms with Crippen molar-refractivity contribution in [3.05, 3.63) is 62.1 Å². The van der Waals surface area contributed by atoms with E-state index < -0.39 is 23.4 Å². The van der Waals surface area contributed by atoms with E-state index in [4.69, 9.17) is 4.74 Å². The highest BCUT2D eigenvalue weighted by Crippen LogP contribution is 2.27. The smallest absolute Gasteiger partial charge is 0.348 e. The first kappa shape index (κ1) is 17.7. The lowest BCUT2D eigenvalue weighted by Gasteiger charge is -2.03. The normalized spacial score (nSPS) is 10.3. The molecule has 8 nitrogen and oxygen atoms in total. The number of carbonyl (C=O) groups is 2. The third-order valence-electron chi connectivity index (χ3n) is 3.16. The lowest BCUT2D eigenvalue weighted by molar-refractivity contribution is -0.384. The number of non-ortho nitro benzene ring substituents is 1. The molecule has 0 aliphatic heterocycles. The van der Waals surface area contributed by atoms with Crippen LogP contribution < -0.4 is 5.32 Å². The van der Waals surface area contributed by atoms with Crippen LogP contribution in [0.4, 0.5) is 10.8 Å². The van der Waals surface area contributed by atoms with Gasteiger partial charge in [0.2, 0.25) is 0 Å². The molecular weight excluding hydrogens is 378 g/mol. The van der Waals surface area contributed by atoms with Crippen molar-refractivity contribution in [1.29, 1.82) is 0 Å². The zero-order valence-corrected chi connectivity index (χ0v) is 14.7. The lowest BCUT2D eigenvalue weighted by atomic mass is 10.1. The fourth-order valence-electron chi connectivity index (χ4n) is 1.99. The minimum absolute atomic E-state index is 0.0402. The number of benzene rings is 1. The third kappa shape index (κ3) is 4.29. The highest BCUT2D eigenvalue weighted by atomic mass is 32.1. The molecule has 0 fully saturated rings. The molecule has 0 saturated carbocycles. The number of carbonyl (C=O) groups excluding carboxylic acids is 2. The Balaban J connectivity index is 1.59. The van der Waals surface area contributed by atoms with Crippen molar-refractivity contribution in [1.82, 2.24) is 4.98 Å². The molecule has 1 amide bonds. The molecule has 132 valence electrons. The topological polar surface area (TPSA) is 111 Å². The number of thiophene rings is 1. The average molecular weight is 389 g/mol. The molecule has 0 radical (unpaired) electrons. The van der Waals surface area contributed by atoms with Crippen LogP contribution in [0.5, 0.6) is 0 Å². The molecule has 0 aliphatic carbocycles. The fourth-order valence-corrected chi connectivity index (χ4v) is 3.35. The highest BCUT2D eigenvalue weighted by molar-refractivity contribution is 7.14. The number of thiazole rings is 1. The van der Waals surface area contributed by atoms with Crippen molar-refractivity contribution < 1.29 is 19.2 Å². The number of aromatic nitrogens is 1. The summed E-state index contributed by atoms with van der Waals surface area (Å²) in [4.78, 5) is 38.5. The molecule has 1 N–H and O–H groups in total. The van der Waals surface area contributed by atoms with Crippen LogP contribution in [-0.4, -0.2) is 28.4 Å². The number of ether oxygens (including phenoxy) is 1. The van der Waals surface area contributed by atoms with Crippen LogP contribution in [0.15, 0.2) is 47.2 Å². The zero-order valence-electron chi connectivity index (χ0n) is 13.1. The maximum Gasteiger partial charge on any atom is 0.348 e. The molecule has 3 rings (SSSR count). The summed E-state index contributed by atoms with van der Waals surface area (Å²) in [7, 11) is 0. The van der Waals surface area contributed by atoms with E-state index in [0.717, 1.165) is 0 Å². The summed E-state index contributed by atoms with van der Waals surface area (Å²) >= 11 is 2.39. The van der Waals surface area contributed by atoms with E-state index in [1.165, 1.54) is 34.8 Å². The Morgan fingerprint density at radius 2 is 2.08 bits per heavy atom. The molecule has 0 bridgehead atoms. The van der Waals surface area contributed by atoms with E-state index in [9.17, 15) is 19.7 Å². The molecule has 26 heavy (non-hydrogen) atoms. The van der Waals surface area contributed by atoms with Gasteiger partial charge in [-0.15, -0.1) is 22.7 Å². The summed E-state index contributed by atoms with van der Waals surface area (Å²) in [6.45, 7) is -0.428. The van der Waals surface area contributed by atoms with Gasteiger partial charge in [0.25, 0.3) is 11.6 Å². The number of esters is 1. The van der Waals surface area contributed by atoms with Gasteiger partial charge in [-0.25, -0.2) is 9.78 Å². The van der Waals surface area contributed by atoms with Crippen molar-refractivity contribution in [3.63, 3.8) is 0 Å². The first-order chi connectivity index (χ1) is 12.5. The van der Waals surface area contributed by atoms with Crippen LogP contribution in [0, 0.1) is 10.1 Å². The van der Waals surface area contributed by atoms with Gasteiger partial charge in [0.05, 0.1) is 10.6 Å². The Morgan fingerprint density at radius 1 is 1.23 bits per heavy atom. The molecular formula is C16H11N3O5S2. The number of anilines is 1. The van der Waals surface area contributed by atoms with Crippen LogP contribution in [0.3, 0.4) is 0 Å². The second-order valence-corrected chi connectivity index (χ2v) is 6.75. The largest absolute Gasteiger partial charge is 0.451 e.